The van der Waals surface area contributed by atoms with Crippen molar-refractivity contribution in [2.24, 2.45) is 5.92 Å². The minimum atomic E-state index is 0.160. The van der Waals surface area contributed by atoms with Crippen LogP contribution in [-0.2, 0) is 11.3 Å². The van der Waals surface area contributed by atoms with Gasteiger partial charge in [0.25, 0.3) is 0 Å². The van der Waals surface area contributed by atoms with Crippen molar-refractivity contribution in [1.29, 1.82) is 0 Å². The van der Waals surface area contributed by atoms with E-state index in [1.807, 2.05) is 24.6 Å². The van der Waals surface area contributed by atoms with Crippen molar-refractivity contribution in [3.05, 3.63) is 18.7 Å². The van der Waals surface area contributed by atoms with Crippen molar-refractivity contribution in [2.75, 3.05) is 6.54 Å². The van der Waals surface area contributed by atoms with Gasteiger partial charge in [-0.3, -0.25) is 4.79 Å². The molecule has 1 heterocycles. The molecule has 4 heteroatoms. The zero-order valence-corrected chi connectivity index (χ0v) is 9.44. The van der Waals surface area contributed by atoms with E-state index in [4.69, 9.17) is 0 Å². The maximum atomic E-state index is 11.6. The van der Waals surface area contributed by atoms with Gasteiger partial charge in [-0.1, -0.05) is 13.8 Å². The summed E-state index contributed by atoms with van der Waals surface area (Å²) in [5.74, 6) is 0.327. The van der Waals surface area contributed by atoms with E-state index in [2.05, 4.69) is 10.3 Å². The van der Waals surface area contributed by atoms with Crippen LogP contribution < -0.4 is 5.32 Å². The molecule has 1 amide bonds. The number of rotatable bonds is 6. The molecule has 0 saturated heterocycles. The molecule has 0 bridgehead atoms. The number of hydrogen-bond donors (Lipinski definition) is 1. The second-order valence-corrected chi connectivity index (χ2v) is 3.60. The van der Waals surface area contributed by atoms with Crippen LogP contribution in [0.25, 0.3) is 0 Å². The minimum absolute atomic E-state index is 0.160. The predicted molar refractivity (Wildman–Crippen MR) is 59.3 cm³/mol. The molecule has 0 atom stereocenters. The Kier molecular flexibility index (Phi) is 4.87. The Morgan fingerprint density at radius 2 is 2.20 bits per heavy atom. The first-order chi connectivity index (χ1) is 7.27. The van der Waals surface area contributed by atoms with Crippen LogP contribution in [0, 0.1) is 5.92 Å². The lowest BCUT2D eigenvalue weighted by atomic mass is 10.0. The predicted octanol–water partition coefficient (Wildman–Crippen LogP) is 1.44. The Hall–Kier alpha value is -1.32. The fourth-order valence-electron chi connectivity index (χ4n) is 1.53. The Balaban J connectivity index is 2.22. The summed E-state index contributed by atoms with van der Waals surface area (Å²) in [7, 11) is 0. The van der Waals surface area contributed by atoms with E-state index >= 15 is 0 Å². The van der Waals surface area contributed by atoms with E-state index in [1.54, 1.807) is 12.5 Å². The Bertz CT molecular complexity index is 278. The number of imidazole rings is 1. The number of amides is 1. The number of aromatic nitrogens is 2. The van der Waals surface area contributed by atoms with Gasteiger partial charge in [-0.15, -0.1) is 0 Å². The first-order valence-corrected chi connectivity index (χ1v) is 5.51. The number of carbonyl (C=O) groups is 1. The van der Waals surface area contributed by atoms with Crippen LogP contribution >= 0.6 is 0 Å². The van der Waals surface area contributed by atoms with Gasteiger partial charge in [-0.05, 0) is 12.8 Å². The van der Waals surface area contributed by atoms with E-state index in [1.165, 1.54) is 0 Å². The molecule has 0 saturated carbocycles. The second kappa shape index (κ2) is 6.22. The summed E-state index contributed by atoms with van der Waals surface area (Å²) in [6.45, 7) is 5.55. The van der Waals surface area contributed by atoms with E-state index in [0.29, 0.717) is 6.54 Å². The summed E-state index contributed by atoms with van der Waals surface area (Å²) in [4.78, 5) is 15.5. The molecular formula is C11H19N3O. The van der Waals surface area contributed by atoms with Crippen molar-refractivity contribution in [3.8, 4) is 0 Å². The van der Waals surface area contributed by atoms with Crippen LogP contribution in [0.15, 0.2) is 18.7 Å². The Morgan fingerprint density at radius 3 is 2.73 bits per heavy atom. The summed E-state index contributed by atoms with van der Waals surface area (Å²) in [6.07, 6.45) is 7.20. The highest BCUT2D eigenvalue weighted by molar-refractivity contribution is 5.78. The third kappa shape index (κ3) is 3.73. The van der Waals surface area contributed by atoms with Crippen molar-refractivity contribution in [1.82, 2.24) is 14.9 Å². The largest absolute Gasteiger partial charge is 0.354 e. The van der Waals surface area contributed by atoms with Crippen LogP contribution in [-0.4, -0.2) is 22.0 Å². The minimum Gasteiger partial charge on any atom is -0.354 e. The molecule has 0 aliphatic carbocycles. The molecule has 4 nitrogen and oxygen atoms in total. The van der Waals surface area contributed by atoms with Gasteiger partial charge >= 0.3 is 0 Å². The van der Waals surface area contributed by atoms with Gasteiger partial charge in [0.05, 0.1) is 6.33 Å². The zero-order valence-electron chi connectivity index (χ0n) is 9.44. The summed E-state index contributed by atoms with van der Waals surface area (Å²) < 4.78 is 1.95. The third-order valence-electron chi connectivity index (χ3n) is 2.58. The molecule has 0 aliphatic heterocycles. The van der Waals surface area contributed by atoms with E-state index in [0.717, 1.165) is 19.4 Å². The average molecular weight is 209 g/mol. The molecule has 84 valence electrons. The quantitative estimate of drug-likeness (QED) is 0.770. The molecule has 1 aromatic heterocycles. The summed E-state index contributed by atoms with van der Waals surface area (Å²) in [5.41, 5.74) is 0. The molecule has 0 unspecified atom stereocenters. The smallest absolute Gasteiger partial charge is 0.223 e. The van der Waals surface area contributed by atoms with Gasteiger partial charge in [-0.25, -0.2) is 4.98 Å². The van der Waals surface area contributed by atoms with E-state index in [9.17, 15) is 4.79 Å². The topological polar surface area (TPSA) is 46.9 Å². The molecule has 0 aliphatic rings. The van der Waals surface area contributed by atoms with Crippen LogP contribution in [0.5, 0.6) is 0 Å². The molecule has 0 aromatic carbocycles. The second-order valence-electron chi connectivity index (χ2n) is 3.60. The van der Waals surface area contributed by atoms with Gasteiger partial charge < -0.3 is 9.88 Å². The number of hydrogen-bond acceptors (Lipinski definition) is 2. The fraction of sp³-hybridized carbons (Fsp3) is 0.636. The molecule has 0 fully saturated rings. The Labute approximate surface area is 90.7 Å². The average Bonchev–Trinajstić information content (AvgIpc) is 2.72. The number of nitrogens with one attached hydrogen (secondary N) is 1. The number of carbonyl (C=O) groups excluding carboxylic acids is 1. The fourth-order valence-corrected chi connectivity index (χ4v) is 1.53. The van der Waals surface area contributed by atoms with Crippen LogP contribution in [0.3, 0.4) is 0 Å². The summed E-state index contributed by atoms with van der Waals surface area (Å²) >= 11 is 0. The SMILES string of the molecule is CCC(CC)C(=O)NCCn1ccnc1. The molecule has 15 heavy (non-hydrogen) atoms. The highest BCUT2D eigenvalue weighted by Crippen LogP contribution is 2.06. The van der Waals surface area contributed by atoms with Crippen molar-refractivity contribution in [2.45, 2.75) is 33.2 Å². The lowest BCUT2D eigenvalue weighted by Crippen LogP contribution is -2.32. The Morgan fingerprint density at radius 1 is 1.47 bits per heavy atom. The molecular weight excluding hydrogens is 190 g/mol. The van der Waals surface area contributed by atoms with Gasteiger partial charge in [0.15, 0.2) is 0 Å². The molecule has 0 radical (unpaired) electrons. The number of nitrogens with zero attached hydrogens (tertiary/aromatic N) is 2. The maximum absolute atomic E-state index is 11.6. The first kappa shape index (κ1) is 11.8. The van der Waals surface area contributed by atoms with Gasteiger partial charge in [0, 0.05) is 31.4 Å². The lowest BCUT2D eigenvalue weighted by molar-refractivity contribution is -0.125. The van der Waals surface area contributed by atoms with Crippen molar-refractivity contribution < 1.29 is 4.79 Å². The van der Waals surface area contributed by atoms with Crippen molar-refractivity contribution >= 4 is 5.91 Å². The van der Waals surface area contributed by atoms with E-state index < -0.39 is 0 Å². The molecule has 1 aromatic rings. The highest BCUT2D eigenvalue weighted by atomic mass is 16.1. The summed E-state index contributed by atoms with van der Waals surface area (Å²) in [6, 6.07) is 0. The van der Waals surface area contributed by atoms with E-state index in [-0.39, 0.29) is 11.8 Å². The van der Waals surface area contributed by atoms with Gasteiger partial charge in [-0.2, -0.15) is 0 Å². The summed E-state index contributed by atoms with van der Waals surface area (Å²) in [5, 5.41) is 2.94. The van der Waals surface area contributed by atoms with Crippen LogP contribution in [0.4, 0.5) is 0 Å². The highest BCUT2D eigenvalue weighted by Gasteiger charge is 2.12. The first-order valence-electron chi connectivity index (χ1n) is 5.51. The zero-order chi connectivity index (χ0) is 11.1. The molecule has 1 rings (SSSR count). The monoisotopic (exact) mass is 209 g/mol. The normalized spacial score (nSPS) is 10.6. The van der Waals surface area contributed by atoms with Crippen molar-refractivity contribution in [3.63, 3.8) is 0 Å². The van der Waals surface area contributed by atoms with Gasteiger partial charge in [0.1, 0.15) is 0 Å². The molecule has 1 N–H and O–H groups in total. The molecule has 0 spiro atoms. The van der Waals surface area contributed by atoms with Crippen LogP contribution in [0.1, 0.15) is 26.7 Å². The third-order valence-corrected chi connectivity index (χ3v) is 2.58. The van der Waals surface area contributed by atoms with Crippen LogP contribution in [0.2, 0.25) is 0 Å². The lowest BCUT2D eigenvalue weighted by Gasteiger charge is -2.12. The standard InChI is InChI=1S/C11H19N3O/c1-3-10(4-2)11(15)13-6-8-14-7-5-12-9-14/h5,7,9-10H,3-4,6,8H2,1-2H3,(H,13,15). The van der Waals surface area contributed by atoms with Gasteiger partial charge in [0.2, 0.25) is 5.91 Å². The maximum Gasteiger partial charge on any atom is 0.223 e.